The SMILES string of the molecule is COC1CN(c2nnc(C)s2)CCC1C. The van der Waals surface area contributed by atoms with E-state index in [4.69, 9.17) is 4.74 Å². The van der Waals surface area contributed by atoms with E-state index in [0.29, 0.717) is 12.0 Å². The van der Waals surface area contributed by atoms with Crippen LogP contribution >= 0.6 is 11.3 Å². The van der Waals surface area contributed by atoms with E-state index in [2.05, 4.69) is 22.0 Å². The van der Waals surface area contributed by atoms with Gasteiger partial charge in [-0.15, -0.1) is 10.2 Å². The van der Waals surface area contributed by atoms with Crippen LogP contribution in [-0.4, -0.2) is 36.5 Å². The van der Waals surface area contributed by atoms with Gasteiger partial charge in [-0.25, -0.2) is 0 Å². The molecule has 15 heavy (non-hydrogen) atoms. The average molecular weight is 227 g/mol. The first-order chi connectivity index (χ1) is 7.20. The fourth-order valence-corrected chi connectivity index (χ4v) is 2.65. The molecule has 1 aromatic rings. The van der Waals surface area contributed by atoms with Crippen LogP contribution in [0.4, 0.5) is 5.13 Å². The topological polar surface area (TPSA) is 38.2 Å². The number of rotatable bonds is 2. The largest absolute Gasteiger partial charge is 0.379 e. The maximum absolute atomic E-state index is 5.48. The summed E-state index contributed by atoms with van der Waals surface area (Å²) in [5.74, 6) is 0.639. The summed E-state index contributed by atoms with van der Waals surface area (Å²) >= 11 is 1.66. The van der Waals surface area contributed by atoms with Gasteiger partial charge in [-0.3, -0.25) is 0 Å². The van der Waals surface area contributed by atoms with Gasteiger partial charge < -0.3 is 9.64 Å². The second-order valence-corrected chi connectivity index (χ2v) is 5.25. The first-order valence-corrected chi connectivity index (χ1v) is 6.10. The Morgan fingerprint density at radius 3 is 2.87 bits per heavy atom. The van der Waals surface area contributed by atoms with Crippen LogP contribution < -0.4 is 4.90 Å². The van der Waals surface area contributed by atoms with Crippen LogP contribution in [0.1, 0.15) is 18.4 Å². The van der Waals surface area contributed by atoms with Crippen molar-refractivity contribution in [2.45, 2.75) is 26.4 Å². The summed E-state index contributed by atoms with van der Waals surface area (Å²) in [6.45, 7) is 6.24. The first kappa shape index (κ1) is 10.8. The van der Waals surface area contributed by atoms with Crippen LogP contribution in [-0.2, 0) is 4.74 Å². The number of anilines is 1. The van der Waals surface area contributed by atoms with Crippen LogP contribution in [0.2, 0.25) is 0 Å². The molecule has 0 saturated carbocycles. The Morgan fingerprint density at radius 1 is 1.47 bits per heavy atom. The summed E-state index contributed by atoms with van der Waals surface area (Å²) in [5, 5.41) is 10.3. The van der Waals surface area contributed by atoms with Gasteiger partial charge >= 0.3 is 0 Å². The maximum atomic E-state index is 5.48. The number of nitrogens with zero attached hydrogens (tertiary/aromatic N) is 3. The van der Waals surface area contributed by atoms with E-state index in [1.165, 1.54) is 0 Å². The monoisotopic (exact) mass is 227 g/mol. The van der Waals surface area contributed by atoms with Gasteiger partial charge in [0.1, 0.15) is 5.01 Å². The molecular formula is C10H17N3OS. The molecule has 0 amide bonds. The van der Waals surface area contributed by atoms with Crippen molar-refractivity contribution in [2.24, 2.45) is 5.92 Å². The normalized spacial score (nSPS) is 27.0. The van der Waals surface area contributed by atoms with Gasteiger partial charge in [0.15, 0.2) is 0 Å². The average Bonchev–Trinajstić information content (AvgIpc) is 2.66. The minimum Gasteiger partial charge on any atom is -0.379 e. The van der Waals surface area contributed by atoms with Crippen LogP contribution in [0.25, 0.3) is 0 Å². The highest BCUT2D eigenvalue weighted by atomic mass is 32.1. The van der Waals surface area contributed by atoms with Crippen molar-refractivity contribution in [1.29, 1.82) is 0 Å². The molecule has 0 spiro atoms. The maximum Gasteiger partial charge on any atom is 0.208 e. The zero-order valence-electron chi connectivity index (χ0n) is 9.43. The highest BCUT2D eigenvalue weighted by Gasteiger charge is 2.27. The lowest BCUT2D eigenvalue weighted by Crippen LogP contribution is -2.43. The number of methoxy groups -OCH3 is 1. The molecular weight excluding hydrogens is 210 g/mol. The van der Waals surface area contributed by atoms with E-state index in [-0.39, 0.29) is 0 Å². The summed E-state index contributed by atoms with van der Waals surface area (Å²) in [6, 6.07) is 0. The molecule has 0 N–H and O–H groups in total. The minimum absolute atomic E-state index is 0.322. The van der Waals surface area contributed by atoms with E-state index in [1.54, 1.807) is 18.4 Å². The third kappa shape index (κ3) is 2.29. The van der Waals surface area contributed by atoms with E-state index in [9.17, 15) is 0 Å². The van der Waals surface area contributed by atoms with Crippen LogP contribution in [0, 0.1) is 12.8 Å². The molecule has 2 heterocycles. The number of ether oxygens (including phenoxy) is 1. The van der Waals surface area contributed by atoms with Crippen molar-refractivity contribution in [3.8, 4) is 0 Å². The molecule has 0 bridgehead atoms. The Morgan fingerprint density at radius 2 is 2.27 bits per heavy atom. The molecule has 2 unspecified atom stereocenters. The molecule has 84 valence electrons. The summed E-state index contributed by atoms with van der Waals surface area (Å²) < 4.78 is 5.48. The zero-order chi connectivity index (χ0) is 10.8. The molecule has 1 aromatic heterocycles. The fraction of sp³-hybridized carbons (Fsp3) is 0.800. The lowest BCUT2D eigenvalue weighted by molar-refractivity contribution is 0.0498. The summed E-state index contributed by atoms with van der Waals surface area (Å²) in [7, 11) is 1.79. The molecule has 2 atom stereocenters. The molecule has 1 aliphatic rings. The van der Waals surface area contributed by atoms with E-state index in [1.807, 2.05) is 6.92 Å². The predicted molar refractivity (Wildman–Crippen MR) is 61.4 cm³/mol. The Balaban J connectivity index is 2.06. The standard InChI is InChI=1S/C10H17N3OS/c1-7-4-5-13(6-9(7)14-3)10-12-11-8(2)15-10/h7,9H,4-6H2,1-3H3. The lowest BCUT2D eigenvalue weighted by Gasteiger charge is -2.35. The van der Waals surface area contributed by atoms with E-state index < -0.39 is 0 Å². The second kappa shape index (κ2) is 4.45. The number of aryl methyl sites for hydroxylation is 1. The minimum atomic E-state index is 0.322. The Kier molecular flexibility index (Phi) is 3.21. The molecule has 2 rings (SSSR count). The van der Waals surface area contributed by atoms with E-state index >= 15 is 0 Å². The van der Waals surface area contributed by atoms with Crippen molar-refractivity contribution in [1.82, 2.24) is 10.2 Å². The van der Waals surface area contributed by atoms with Crippen molar-refractivity contribution in [3.63, 3.8) is 0 Å². The van der Waals surface area contributed by atoms with Crippen molar-refractivity contribution < 1.29 is 4.74 Å². The van der Waals surface area contributed by atoms with Gasteiger partial charge in [0.25, 0.3) is 0 Å². The van der Waals surface area contributed by atoms with Crippen molar-refractivity contribution in [3.05, 3.63) is 5.01 Å². The Labute approximate surface area is 94.3 Å². The lowest BCUT2D eigenvalue weighted by atomic mass is 9.96. The number of aromatic nitrogens is 2. The molecule has 4 nitrogen and oxygen atoms in total. The summed E-state index contributed by atoms with van der Waals surface area (Å²) in [5.41, 5.74) is 0. The number of hydrogen-bond acceptors (Lipinski definition) is 5. The Hall–Kier alpha value is -0.680. The first-order valence-electron chi connectivity index (χ1n) is 5.28. The van der Waals surface area contributed by atoms with E-state index in [0.717, 1.165) is 29.6 Å². The fourth-order valence-electron chi connectivity index (χ4n) is 1.93. The Bertz CT molecular complexity index is 328. The molecule has 1 saturated heterocycles. The van der Waals surface area contributed by atoms with Gasteiger partial charge in [-0.1, -0.05) is 18.3 Å². The molecule has 1 fully saturated rings. The zero-order valence-corrected chi connectivity index (χ0v) is 10.3. The molecule has 0 aromatic carbocycles. The van der Waals surface area contributed by atoms with Gasteiger partial charge in [0.2, 0.25) is 5.13 Å². The number of piperidine rings is 1. The van der Waals surface area contributed by atoms with Gasteiger partial charge in [0.05, 0.1) is 6.10 Å². The molecule has 0 aliphatic carbocycles. The third-order valence-electron chi connectivity index (χ3n) is 2.98. The highest BCUT2D eigenvalue weighted by molar-refractivity contribution is 7.15. The van der Waals surface area contributed by atoms with Crippen LogP contribution in [0.15, 0.2) is 0 Å². The van der Waals surface area contributed by atoms with Crippen LogP contribution in [0.3, 0.4) is 0 Å². The smallest absolute Gasteiger partial charge is 0.208 e. The van der Waals surface area contributed by atoms with Crippen LogP contribution in [0.5, 0.6) is 0 Å². The third-order valence-corrected chi connectivity index (χ3v) is 3.88. The molecule has 0 radical (unpaired) electrons. The number of hydrogen-bond donors (Lipinski definition) is 0. The van der Waals surface area contributed by atoms with Gasteiger partial charge in [0, 0.05) is 20.2 Å². The van der Waals surface area contributed by atoms with Crippen molar-refractivity contribution in [2.75, 3.05) is 25.1 Å². The molecule has 5 heteroatoms. The highest BCUT2D eigenvalue weighted by Crippen LogP contribution is 2.26. The van der Waals surface area contributed by atoms with Gasteiger partial charge in [-0.05, 0) is 19.3 Å². The van der Waals surface area contributed by atoms with Gasteiger partial charge in [-0.2, -0.15) is 0 Å². The summed E-state index contributed by atoms with van der Waals surface area (Å²) in [6.07, 6.45) is 1.49. The predicted octanol–water partition coefficient (Wildman–Crippen LogP) is 1.71. The second-order valence-electron chi connectivity index (χ2n) is 4.09. The van der Waals surface area contributed by atoms with Crippen molar-refractivity contribution >= 4 is 16.5 Å². The summed E-state index contributed by atoms with van der Waals surface area (Å²) in [4.78, 5) is 2.28. The molecule has 1 aliphatic heterocycles. The quantitative estimate of drug-likeness (QED) is 0.771.